The van der Waals surface area contributed by atoms with Crippen molar-refractivity contribution in [2.75, 3.05) is 13.4 Å². The number of amides is 1. The monoisotopic (exact) mass is 357 g/mol. The van der Waals surface area contributed by atoms with Crippen molar-refractivity contribution in [3.05, 3.63) is 53.6 Å². The smallest absolute Gasteiger partial charge is 0.267 e. The topological polar surface area (TPSA) is 81.7 Å². The number of hydrogen-bond acceptors (Lipinski definition) is 5. The molecule has 0 aliphatic heterocycles. The average molecular weight is 357 g/mol. The molecule has 0 aliphatic carbocycles. The summed E-state index contributed by atoms with van der Waals surface area (Å²) in [5, 5.41) is 0. The molecule has 128 valence electrons. The number of halogens is 2. The largest absolute Gasteiger partial charge is 0.497 e. The summed E-state index contributed by atoms with van der Waals surface area (Å²) in [6, 6.07) is 7.33. The Labute approximate surface area is 137 Å². The second kappa shape index (κ2) is 6.83. The van der Waals surface area contributed by atoms with Gasteiger partial charge in [-0.25, -0.2) is 21.9 Å². The quantitative estimate of drug-likeness (QED) is 0.889. The number of carbonyl (C=O) groups excluding carboxylic acids is 1. The van der Waals surface area contributed by atoms with Crippen LogP contribution in [0.3, 0.4) is 0 Å². The normalized spacial score (nSPS) is 11.0. The first-order chi connectivity index (χ1) is 11.2. The van der Waals surface area contributed by atoms with Gasteiger partial charge in [-0.3, -0.25) is 4.79 Å². The van der Waals surface area contributed by atoms with Gasteiger partial charge in [0.05, 0.1) is 18.9 Å². The minimum absolute atomic E-state index is 0.224. The average Bonchev–Trinajstić information content (AvgIpc) is 2.49. The molecule has 2 rings (SSSR count). The van der Waals surface area contributed by atoms with Crippen LogP contribution in [0.15, 0.2) is 36.4 Å². The Bertz CT molecular complexity index is 866. The highest BCUT2D eigenvalue weighted by atomic mass is 32.2. The minimum atomic E-state index is -3.90. The van der Waals surface area contributed by atoms with Crippen LogP contribution in [-0.4, -0.2) is 27.7 Å². The van der Waals surface area contributed by atoms with E-state index in [9.17, 15) is 22.0 Å². The summed E-state index contributed by atoms with van der Waals surface area (Å²) in [6.07, 6.45) is 0.723. The van der Waals surface area contributed by atoms with E-state index in [1.54, 1.807) is 16.9 Å². The summed E-state index contributed by atoms with van der Waals surface area (Å²) in [4.78, 5) is 11.6. The molecule has 0 spiro atoms. The van der Waals surface area contributed by atoms with Gasteiger partial charge in [0.1, 0.15) is 17.3 Å². The van der Waals surface area contributed by atoms with Crippen LogP contribution in [0.2, 0.25) is 0 Å². The maximum atomic E-state index is 14.0. The van der Waals surface area contributed by atoms with Gasteiger partial charge < -0.3 is 9.47 Å². The number of ether oxygens (including phenoxy) is 2. The second-order valence-corrected chi connectivity index (χ2v) is 6.49. The van der Waals surface area contributed by atoms with Gasteiger partial charge in [-0.2, -0.15) is 0 Å². The molecule has 0 atom stereocenters. The third kappa shape index (κ3) is 4.42. The summed E-state index contributed by atoms with van der Waals surface area (Å²) in [5.41, 5.74) is -0.750. The van der Waals surface area contributed by atoms with E-state index in [0.29, 0.717) is 17.9 Å². The van der Waals surface area contributed by atoms with Gasteiger partial charge in [-0.15, -0.1) is 0 Å². The highest BCUT2D eigenvalue weighted by Gasteiger charge is 2.19. The van der Waals surface area contributed by atoms with Crippen molar-refractivity contribution < 1.29 is 31.5 Å². The highest BCUT2D eigenvalue weighted by molar-refractivity contribution is 7.89. The molecular formula is C15H13F2NO5S. The number of benzene rings is 2. The van der Waals surface area contributed by atoms with Crippen molar-refractivity contribution in [3.8, 4) is 17.2 Å². The highest BCUT2D eigenvalue weighted by Crippen LogP contribution is 2.28. The number of methoxy groups -OCH3 is 1. The van der Waals surface area contributed by atoms with E-state index in [2.05, 4.69) is 0 Å². The lowest BCUT2D eigenvalue weighted by molar-refractivity contribution is 0.0977. The zero-order valence-corrected chi connectivity index (χ0v) is 13.5. The number of carbonyl (C=O) groups is 1. The Morgan fingerprint density at radius 2 is 1.62 bits per heavy atom. The Balaban J connectivity index is 2.27. The zero-order valence-electron chi connectivity index (χ0n) is 12.7. The van der Waals surface area contributed by atoms with E-state index in [1.807, 2.05) is 0 Å². The fourth-order valence-electron chi connectivity index (χ4n) is 1.77. The number of hydrogen-bond donors (Lipinski definition) is 1. The van der Waals surface area contributed by atoms with E-state index in [0.717, 1.165) is 6.26 Å². The molecule has 24 heavy (non-hydrogen) atoms. The van der Waals surface area contributed by atoms with Crippen LogP contribution >= 0.6 is 0 Å². The first-order valence-electron chi connectivity index (χ1n) is 6.52. The number of rotatable bonds is 5. The van der Waals surface area contributed by atoms with Crippen LogP contribution in [0.5, 0.6) is 17.2 Å². The van der Waals surface area contributed by atoms with Crippen LogP contribution in [0.1, 0.15) is 10.4 Å². The molecule has 0 bridgehead atoms. The predicted octanol–water partition coefficient (Wildman–Crippen LogP) is 2.46. The summed E-state index contributed by atoms with van der Waals surface area (Å²) in [7, 11) is -2.42. The van der Waals surface area contributed by atoms with Crippen LogP contribution in [0.25, 0.3) is 0 Å². The summed E-state index contributed by atoms with van der Waals surface area (Å²) >= 11 is 0. The molecule has 0 heterocycles. The number of nitrogens with one attached hydrogen (secondary N) is 1. The molecule has 0 saturated carbocycles. The van der Waals surface area contributed by atoms with Crippen LogP contribution in [-0.2, 0) is 10.0 Å². The van der Waals surface area contributed by atoms with E-state index < -0.39 is 38.9 Å². The second-order valence-electron chi connectivity index (χ2n) is 4.74. The standard InChI is InChI=1S/C15H13F2NO5S/c1-22-9-3-5-10(6-4-9)23-14-8-12(16)11(7-13(14)17)15(19)18-24(2,20)21/h3-8H,1-2H3,(H,18,19). The molecule has 1 amide bonds. The Kier molecular flexibility index (Phi) is 5.03. The van der Waals surface area contributed by atoms with Crippen LogP contribution < -0.4 is 14.2 Å². The van der Waals surface area contributed by atoms with Crippen LogP contribution in [0, 0.1) is 11.6 Å². The molecule has 0 unspecified atom stereocenters. The van der Waals surface area contributed by atoms with E-state index >= 15 is 0 Å². The molecule has 0 aliphatic rings. The van der Waals surface area contributed by atoms with Gasteiger partial charge in [0.15, 0.2) is 11.6 Å². The predicted molar refractivity (Wildman–Crippen MR) is 81.7 cm³/mol. The third-order valence-electron chi connectivity index (χ3n) is 2.83. The van der Waals surface area contributed by atoms with Gasteiger partial charge in [0.25, 0.3) is 5.91 Å². The van der Waals surface area contributed by atoms with Gasteiger partial charge in [-0.05, 0) is 30.3 Å². The van der Waals surface area contributed by atoms with Crippen LogP contribution in [0.4, 0.5) is 8.78 Å². The van der Waals surface area contributed by atoms with Crippen molar-refractivity contribution in [1.82, 2.24) is 4.72 Å². The first-order valence-corrected chi connectivity index (χ1v) is 8.42. The third-order valence-corrected chi connectivity index (χ3v) is 3.39. The molecule has 0 radical (unpaired) electrons. The van der Waals surface area contributed by atoms with E-state index in [1.165, 1.54) is 19.2 Å². The lowest BCUT2D eigenvalue weighted by Gasteiger charge is -2.10. The SMILES string of the molecule is COc1ccc(Oc2cc(F)c(C(=O)NS(C)(=O)=O)cc2F)cc1. The summed E-state index contributed by atoms with van der Waals surface area (Å²) in [6.45, 7) is 0. The minimum Gasteiger partial charge on any atom is -0.497 e. The molecular weight excluding hydrogens is 344 g/mol. The fraction of sp³-hybridized carbons (Fsp3) is 0.133. The van der Waals surface area contributed by atoms with E-state index in [-0.39, 0.29) is 5.75 Å². The molecule has 9 heteroatoms. The molecule has 2 aromatic carbocycles. The van der Waals surface area contributed by atoms with Gasteiger partial charge in [-0.1, -0.05) is 0 Å². The van der Waals surface area contributed by atoms with Crippen molar-refractivity contribution in [1.29, 1.82) is 0 Å². The molecule has 0 saturated heterocycles. The maximum absolute atomic E-state index is 14.0. The number of sulfonamides is 1. The Morgan fingerprint density at radius 3 is 2.17 bits per heavy atom. The Hall–Kier alpha value is -2.68. The van der Waals surface area contributed by atoms with Gasteiger partial charge in [0, 0.05) is 6.07 Å². The summed E-state index contributed by atoms with van der Waals surface area (Å²) < 4.78 is 61.7. The van der Waals surface area contributed by atoms with Crippen molar-refractivity contribution in [2.24, 2.45) is 0 Å². The van der Waals surface area contributed by atoms with Crippen molar-refractivity contribution >= 4 is 15.9 Å². The molecule has 6 nitrogen and oxygen atoms in total. The Morgan fingerprint density at radius 1 is 1.04 bits per heavy atom. The maximum Gasteiger partial charge on any atom is 0.267 e. The van der Waals surface area contributed by atoms with Gasteiger partial charge >= 0.3 is 0 Å². The van der Waals surface area contributed by atoms with Crippen molar-refractivity contribution in [3.63, 3.8) is 0 Å². The molecule has 2 aromatic rings. The molecule has 1 N–H and O–H groups in total. The van der Waals surface area contributed by atoms with Gasteiger partial charge in [0.2, 0.25) is 10.0 Å². The zero-order chi connectivity index (χ0) is 17.9. The summed E-state index contributed by atoms with van der Waals surface area (Å²) in [5.74, 6) is -3.09. The first kappa shape index (κ1) is 17.7. The molecule has 0 aromatic heterocycles. The lowest BCUT2D eigenvalue weighted by Crippen LogP contribution is -2.30. The fourth-order valence-corrected chi connectivity index (χ4v) is 2.22. The lowest BCUT2D eigenvalue weighted by atomic mass is 10.2. The molecule has 0 fully saturated rings. The van der Waals surface area contributed by atoms with E-state index in [4.69, 9.17) is 9.47 Å². The van der Waals surface area contributed by atoms with Crippen molar-refractivity contribution in [2.45, 2.75) is 0 Å².